The summed E-state index contributed by atoms with van der Waals surface area (Å²) in [6.45, 7) is 7.82. The van der Waals surface area contributed by atoms with Crippen molar-refractivity contribution in [1.82, 2.24) is 4.90 Å². The Kier molecular flexibility index (Phi) is 5.75. The van der Waals surface area contributed by atoms with E-state index in [4.69, 9.17) is 0 Å². The van der Waals surface area contributed by atoms with Crippen molar-refractivity contribution in [1.29, 1.82) is 0 Å². The number of hydrogen-bond donors (Lipinski definition) is 0. The number of carbonyl (C=O) groups excluding carboxylic acids is 1. The monoisotopic (exact) mass is 233 g/mol. The third-order valence-electron chi connectivity index (χ3n) is 3.17. The van der Waals surface area contributed by atoms with Crippen LogP contribution in [0, 0.1) is 0 Å². The highest BCUT2D eigenvalue weighted by atomic mass is 16.2. The van der Waals surface area contributed by atoms with Gasteiger partial charge in [-0.1, -0.05) is 31.2 Å². The van der Waals surface area contributed by atoms with Gasteiger partial charge in [0.05, 0.1) is 0 Å². The second-order valence-corrected chi connectivity index (χ2v) is 4.24. The van der Waals surface area contributed by atoms with Gasteiger partial charge in [-0.2, -0.15) is 0 Å². The third kappa shape index (κ3) is 4.22. The van der Waals surface area contributed by atoms with Crippen molar-refractivity contribution in [3.63, 3.8) is 0 Å². The Balaban J connectivity index is 2.46. The summed E-state index contributed by atoms with van der Waals surface area (Å²) in [4.78, 5) is 13.7. The van der Waals surface area contributed by atoms with E-state index >= 15 is 0 Å². The Morgan fingerprint density at radius 1 is 1.00 bits per heavy atom. The van der Waals surface area contributed by atoms with E-state index in [2.05, 4.69) is 31.2 Å². The lowest BCUT2D eigenvalue weighted by Gasteiger charge is -2.18. The van der Waals surface area contributed by atoms with Crippen molar-refractivity contribution >= 4 is 5.91 Å². The number of amides is 1. The number of carbonyl (C=O) groups is 1. The maximum absolute atomic E-state index is 11.8. The number of nitrogens with zero attached hydrogens (tertiary/aromatic N) is 1. The summed E-state index contributed by atoms with van der Waals surface area (Å²) in [5.41, 5.74) is 2.60. The number of hydrogen-bond acceptors (Lipinski definition) is 1. The molecule has 0 aliphatic heterocycles. The lowest BCUT2D eigenvalue weighted by atomic mass is 10.1. The maximum Gasteiger partial charge on any atom is 0.222 e. The number of benzene rings is 1. The minimum Gasteiger partial charge on any atom is -0.343 e. The van der Waals surface area contributed by atoms with E-state index in [0.717, 1.165) is 25.9 Å². The quantitative estimate of drug-likeness (QED) is 0.739. The minimum absolute atomic E-state index is 0.259. The summed E-state index contributed by atoms with van der Waals surface area (Å²) >= 11 is 0. The summed E-state index contributed by atoms with van der Waals surface area (Å²) in [5.74, 6) is 0.259. The van der Waals surface area contributed by atoms with Gasteiger partial charge in [-0.3, -0.25) is 4.79 Å². The molecule has 2 heteroatoms. The van der Waals surface area contributed by atoms with Crippen molar-refractivity contribution < 1.29 is 4.79 Å². The van der Waals surface area contributed by atoms with Gasteiger partial charge in [-0.05, 0) is 37.8 Å². The van der Waals surface area contributed by atoms with Crippen LogP contribution in [0.1, 0.15) is 38.3 Å². The topological polar surface area (TPSA) is 20.3 Å². The Labute approximate surface area is 105 Å². The van der Waals surface area contributed by atoms with Gasteiger partial charge < -0.3 is 4.90 Å². The lowest BCUT2D eigenvalue weighted by molar-refractivity contribution is -0.130. The SMILES string of the molecule is CCc1ccc(CCC(=O)N(CC)CC)cc1. The Morgan fingerprint density at radius 3 is 2.00 bits per heavy atom. The zero-order valence-electron chi connectivity index (χ0n) is 11.2. The molecule has 0 unspecified atom stereocenters. The van der Waals surface area contributed by atoms with Crippen molar-refractivity contribution in [2.45, 2.75) is 40.0 Å². The molecule has 0 saturated heterocycles. The van der Waals surface area contributed by atoms with Crippen LogP contribution < -0.4 is 0 Å². The number of aryl methyl sites for hydroxylation is 2. The van der Waals surface area contributed by atoms with Gasteiger partial charge in [-0.25, -0.2) is 0 Å². The molecule has 2 nitrogen and oxygen atoms in total. The van der Waals surface area contributed by atoms with E-state index < -0.39 is 0 Å². The average Bonchev–Trinajstić information content (AvgIpc) is 2.38. The molecular weight excluding hydrogens is 210 g/mol. The predicted octanol–water partition coefficient (Wildman–Crippen LogP) is 3.05. The Bertz CT molecular complexity index is 338. The van der Waals surface area contributed by atoms with Crippen LogP contribution in [0.25, 0.3) is 0 Å². The van der Waals surface area contributed by atoms with Gasteiger partial charge in [0.2, 0.25) is 5.91 Å². The largest absolute Gasteiger partial charge is 0.343 e. The fourth-order valence-corrected chi connectivity index (χ4v) is 1.93. The van der Waals surface area contributed by atoms with Gasteiger partial charge in [0.15, 0.2) is 0 Å². The van der Waals surface area contributed by atoms with E-state index in [1.165, 1.54) is 11.1 Å². The molecule has 0 spiro atoms. The molecule has 0 N–H and O–H groups in total. The molecule has 0 radical (unpaired) electrons. The molecule has 0 aromatic heterocycles. The second kappa shape index (κ2) is 7.10. The van der Waals surface area contributed by atoms with Crippen LogP contribution in [0.2, 0.25) is 0 Å². The van der Waals surface area contributed by atoms with E-state index in [1.807, 2.05) is 18.7 Å². The minimum atomic E-state index is 0.259. The molecular formula is C15H23NO. The molecule has 0 atom stereocenters. The van der Waals surface area contributed by atoms with Crippen molar-refractivity contribution in [3.05, 3.63) is 35.4 Å². The molecule has 0 heterocycles. The van der Waals surface area contributed by atoms with Gasteiger partial charge >= 0.3 is 0 Å². The fraction of sp³-hybridized carbons (Fsp3) is 0.533. The van der Waals surface area contributed by atoms with Crippen LogP contribution in [-0.2, 0) is 17.6 Å². The summed E-state index contributed by atoms with van der Waals surface area (Å²) in [7, 11) is 0. The molecule has 1 aromatic carbocycles. The molecule has 0 aliphatic carbocycles. The summed E-state index contributed by atoms with van der Waals surface area (Å²) in [5, 5.41) is 0. The standard InChI is InChI=1S/C15H23NO/c1-4-13-7-9-14(10-8-13)11-12-15(17)16(5-2)6-3/h7-10H,4-6,11-12H2,1-3H3. The molecule has 94 valence electrons. The Hall–Kier alpha value is -1.31. The molecule has 17 heavy (non-hydrogen) atoms. The van der Waals surface area contributed by atoms with Crippen LogP contribution in [0.4, 0.5) is 0 Å². The van der Waals surface area contributed by atoms with Gasteiger partial charge in [-0.15, -0.1) is 0 Å². The Morgan fingerprint density at radius 2 is 1.53 bits per heavy atom. The highest BCUT2D eigenvalue weighted by Crippen LogP contribution is 2.08. The first-order valence-corrected chi connectivity index (χ1v) is 6.56. The van der Waals surface area contributed by atoms with Crippen molar-refractivity contribution in [2.75, 3.05) is 13.1 Å². The van der Waals surface area contributed by atoms with Gasteiger partial charge in [0.25, 0.3) is 0 Å². The van der Waals surface area contributed by atoms with Gasteiger partial charge in [0.1, 0.15) is 0 Å². The summed E-state index contributed by atoms with van der Waals surface area (Å²) < 4.78 is 0. The van der Waals surface area contributed by atoms with Crippen LogP contribution in [-0.4, -0.2) is 23.9 Å². The van der Waals surface area contributed by atoms with E-state index in [0.29, 0.717) is 6.42 Å². The first-order valence-electron chi connectivity index (χ1n) is 6.56. The van der Waals surface area contributed by atoms with E-state index in [9.17, 15) is 4.79 Å². The number of rotatable bonds is 6. The molecule has 0 bridgehead atoms. The molecule has 0 saturated carbocycles. The first-order chi connectivity index (χ1) is 8.21. The molecule has 1 rings (SSSR count). The molecule has 0 fully saturated rings. The van der Waals surface area contributed by atoms with Crippen LogP contribution in [0.15, 0.2) is 24.3 Å². The van der Waals surface area contributed by atoms with Gasteiger partial charge in [0, 0.05) is 19.5 Å². The first kappa shape index (κ1) is 13.8. The van der Waals surface area contributed by atoms with E-state index in [-0.39, 0.29) is 5.91 Å². The van der Waals surface area contributed by atoms with Crippen LogP contribution >= 0.6 is 0 Å². The predicted molar refractivity (Wildman–Crippen MR) is 72.1 cm³/mol. The lowest BCUT2D eigenvalue weighted by Crippen LogP contribution is -2.30. The van der Waals surface area contributed by atoms with Crippen LogP contribution in [0.5, 0.6) is 0 Å². The average molecular weight is 233 g/mol. The van der Waals surface area contributed by atoms with Crippen molar-refractivity contribution in [2.24, 2.45) is 0 Å². The molecule has 1 amide bonds. The zero-order valence-corrected chi connectivity index (χ0v) is 11.2. The highest BCUT2D eigenvalue weighted by molar-refractivity contribution is 5.76. The highest BCUT2D eigenvalue weighted by Gasteiger charge is 2.08. The summed E-state index contributed by atoms with van der Waals surface area (Å²) in [6.07, 6.45) is 2.53. The summed E-state index contributed by atoms with van der Waals surface area (Å²) in [6, 6.07) is 8.57. The van der Waals surface area contributed by atoms with E-state index in [1.54, 1.807) is 0 Å². The third-order valence-corrected chi connectivity index (χ3v) is 3.17. The molecule has 1 aromatic rings. The maximum atomic E-state index is 11.8. The molecule has 0 aliphatic rings. The smallest absolute Gasteiger partial charge is 0.222 e. The normalized spacial score (nSPS) is 10.3. The van der Waals surface area contributed by atoms with Crippen LogP contribution in [0.3, 0.4) is 0 Å². The second-order valence-electron chi connectivity index (χ2n) is 4.24. The van der Waals surface area contributed by atoms with Crippen molar-refractivity contribution in [3.8, 4) is 0 Å². The zero-order chi connectivity index (χ0) is 12.7. The fourth-order valence-electron chi connectivity index (χ4n) is 1.93.